The van der Waals surface area contributed by atoms with Gasteiger partial charge in [-0.2, -0.15) is 0 Å². The third-order valence-electron chi connectivity index (χ3n) is 4.69. The van der Waals surface area contributed by atoms with Crippen molar-refractivity contribution < 1.29 is 28.2 Å². The molecule has 2 aromatic rings. The van der Waals surface area contributed by atoms with Gasteiger partial charge in [0.1, 0.15) is 17.6 Å². The summed E-state index contributed by atoms with van der Waals surface area (Å²) >= 11 is 0. The molecule has 0 aliphatic heterocycles. The highest BCUT2D eigenvalue weighted by atomic mass is 19.1. The molecule has 0 unspecified atom stereocenters. The van der Waals surface area contributed by atoms with E-state index in [9.17, 15) is 18.8 Å². The summed E-state index contributed by atoms with van der Waals surface area (Å²) in [5.74, 6) is -2.28. The van der Waals surface area contributed by atoms with E-state index in [1.165, 1.54) is 23.1 Å². The van der Waals surface area contributed by atoms with Gasteiger partial charge in [0.05, 0.1) is 12.7 Å². The Hall–Kier alpha value is -3.42. The lowest BCUT2D eigenvalue weighted by molar-refractivity contribution is -0.154. The Labute approximate surface area is 181 Å². The van der Waals surface area contributed by atoms with Gasteiger partial charge in [0.2, 0.25) is 0 Å². The minimum atomic E-state index is -1.03. The van der Waals surface area contributed by atoms with Gasteiger partial charge in [-0.1, -0.05) is 44.2 Å². The number of carbonyl (C=O) groups is 3. The average molecular weight is 430 g/mol. The second-order valence-corrected chi connectivity index (χ2v) is 7.34. The van der Waals surface area contributed by atoms with Crippen molar-refractivity contribution in [1.29, 1.82) is 0 Å². The van der Waals surface area contributed by atoms with Gasteiger partial charge in [0.15, 0.2) is 6.61 Å². The molecule has 0 heterocycles. The van der Waals surface area contributed by atoms with Crippen molar-refractivity contribution in [3.63, 3.8) is 0 Å². The van der Waals surface area contributed by atoms with E-state index in [0.29, 0.717) is 5.75 Å². The molecular formula is C23H27FN2O5. The molecule has 2 aromatic carbocycles. The second-order valence-electron chi connectivity index (χ2n) is 7.34. The number of esters is 1. The molecule has 0 bridgehead atoms. The van der Waals surface area contributed by atoms with Crippen LogP contribution in [0, 0.1) is 11.7 Å². The van der Waals surface area contributed by atoms with Gasteiger partial charge in [0.25, 0.3) is 11.8 Å². The highest BCUT2D eigenvalue weighted by Gasteiger charge is 2.28. The first-order valence-corrected chi connectivity index (χ1v) is 9.82. The zero-order chi connectivity index (χ0) is 23.0. The third-order valence-corrected chi connectivity index (χ3v) is 4.69. The Kier molecular flexibility index (Phi) is 8.54. The van der Waals surface area contributed by atoms with Crippen LogP contribution < -0.4 is 10.1 Å². The SMILES string of the molecule is COc1ccccc1CN(C)C(=O)COC(=O)[C@@H](NC(=O)c1ccccc1F)C(C)C. The van der Waals surface area contributed by atoms with Gasteiger partial charge in [-0.15, -0.1) is 0 Å². The molecule has 1 N–H and O–H groups in total. The quantitative estimate of drug-likeness (QED) is 0.619. The lowest BCUT2D eigenvalue weighted by Crippen LogP contribution is -2.46. The van der Waals surface area contributed by atoms with E-state index in [1.54, 1.807) is 34.1 Å². The number of halogens is 1. The van der Waals surface area contributed by atoms with E-state index in [-0.39, 0.29) is 18.0 Å². The van der Waals surface area contributed by atoms with Gasteiger partial charge < -0.3 is 19.7 Å². The molecule has 0 radical (unpaired) electrons. The number of para-hydroxylation sites is 1. The zero-order valence-corrected chi connectivity index (χ0v) is 18.1. The molecule has 2 rings (SSSR count). The fourth-order valence-corrected chi connectivity index (χ4v) is 2.87. The van der Waals surface area contributed by atoms with Crippen LogP contribution in [0.15, 0.2) is 48.5 Å². The number of nitrogens with one attached hydrogen (secondary N) is 1. The predicted octanol–water partition coefficient (Wildman–Crippen LogP) is 2.79. The standard InChI is InChI=1S/C23H27FN2O5/c1-15(2)21(25-22(28)17-10-6-7-11-18(17)24)23(29)31-14-20(27)26(3)13-16-9-5-8-12-19(16)30-4/h5-12,15,21H,13-14H2,1-4H3,(H,25,28)/t21-/m0/s1. The van der Waals surface area contributed by atoms with Crippen LogP contribution in [0.5, 0.6) is 5.75 Å². The molecule has 0 aromatic heterocycles. The summed E-state index contributed by atoms with van der Waals surface area (Å²) in [5, 5.41) is 2.49. The Bertz CT molecular complexity index is 932. The van der Waals surface area contributed by atoms with E-state index >= 15 is 0 Å². The molecule has 0 saturated carbocycles. The van der Waals surface area contributed by atoms with E-state index in [4.69, 9.17) is 9.47 Å². The van der Waals surface area contributed by atoms with Crippen LogP contribution in [0.25, 0.3) is 0 Å². The summed E-state index contributed by atoms with van der Waals surface area (Å²) in [6, 6.07) is 11.7. The molecule has 0 fully saturated rings. The maximum atomic E-state index is 13.8. The van der Waals surface area contributed by atoms with E-state index in [2.05, 4.69) is 5.32 Å². The van der Waals surface area contributed by atoms with Crippen molar-refractivity contribution in [2.24, 2.45) is 5.92 Å². The topological polar surface area (TPSA) is 84.9 Å². The predicted molar refractivity (Wildman–Crippen MR) is 113 cm³/mol. The number of methoxy groups -OCH3 is 1. The number of ether oxygens (including phenoxy) is 2. The monoisotopic (exact) mass is 430 g/mol. The number of hydrogen-bond donors (Lipinski definition) is 1. The Balaban J connectivity index is 1.95. The molecule has 0 spiro atoms. The summed E-state index contributed by atoms with van der Waals surface area (Å²) in [6.45, 7) is 3.22. The summed E-state index contributed by atoms with van der Waals surface area (Å²) in [5.41, 5.74) is 0.637. The zero-order valence-electron chi connectivity index (χ0n) is 18.1. The minimum Gasteiger partial charge on any atom is -0.496 e. The number of hydrogen-bond acceptors (Lipinski definition) is 5. The average Bonchev–Trinajstić information content (AvgIpc) is 2.75. The fraction of sp³-hybridized carbons (Fsp3) is 0.348. The van der Waals surface area contributed by atoms with Crippen LogP contribution in [0.4, 0.5) is 4.39 Å². The molecule has 7 nitrogen and oxygen atoms in total. The van der Waals surface area contributed by atoms with Crippen molar-refractivity contribution in [3.8, 4) is 5.75 Å². The Morgan fingerprint density at radius 1 is 1.06 bits per heavy atom. The van der Waals surface area contributed by atoms with Crippen LogP contribution in [0.2, 0.25) is 0 Å². The van der Waals surface area contributed by atoms with Gasteiger partial charge in [0, 0.05) is 19.2 Å². The van der Waals surface area contributed by atoms with Crippen molar-refractivity contribution in [2.75, 3.05) is 20.8 Å². The van der Waals surface area contributed by atoms with Crippen molar-refractivity contribution >= 4 is 17.8 Å². The number of rotatable bonds is 9. The van der Waals surface area contributed by atoms with Crippen LogP contribution in [0.3, 0.4) is 0 Å². The summed E-state index contributed by atoms with van der Waals surface area (Å²) in [7, 11) is 3.13. The molecule has 0 aliphatic carbocycles. The largest absolute Gasteiger partial charge is 0.496 e. The van der Waals surface area contributed by atoms with Gasteiger partial charge in [-0.25, -0.2) is 9.18 Å². The molecule has 0 saturated heterocycles. The molecule has 166 valence electrons. The number of nitrogens with zero attached hydrogens (tertiary/aromatic N) is 1. The molecule has 8 heteroatoms. The smallest absolute Gasteiger partial charge is 0.329 e. The third kappa shape index (κ3) is 6.53. The van der Waals surface area contributed by atoms with Gasteiger partial charge in [-0.3, -0.25) is 9.59 Å². The van der Waals surface area contributed by atoms with Crippen LogP contribution >= 0.6 is 0 Å². The first kappa shape index (κ1) is 23.9. The first-order valence-electron chi connectivity index (χ1n) is 9.82. The van der Waals surface area contributed by atoms with Crippen LogP contribution in [0.1, 0.15) is 29.8 Å². The summed E-state index contributed by atoms with van der Waals surface area (Å²) in [6.07, 6.45) is 0. The number of carbonyl (C=O) groups excluding carboxylic acids is 3. The Morgan fingerprint density at radius 2 is 1.71 bits per heavy atom. The van der Waals surface area contributed by atoms with Gasteiger partial charge in [-0.05, 0) is 24.1 Å². The van der Waals surface area contributed by atoms with E-state index in [0.717, 1.165) is 11.6 Å². The maximum Gasteiger partial charge on any atom is 0.329 e. The first-order chi connectivity index (χ1) is 14.7. The molecular weight excluding hydrogens is 403 g/mol. The molecule has 0 aliphatic rings. The van der Waals surface area contributed by atoms with Crippen molar-refractivity contribution in [2.45, 2.75) is 26.4 Å². The number of likely N-dealkylation sites (N-methyl/N-ethyl adjacent to an activating group) is 1. The Morgan fingerprint density at radius 3 is 2.35 bits per heavy atom. The molecule has 31 heavy (non-hydrogen) atoms. The van der Waals surface area contributed by atoms with Crippen LogP contribution in [-0.4, -0.2) is 49.5 Å². The summed E-state index contributed by atoms with van der Waals surface area (Å²) < 4.78 is 24.2. The maximum absolute atomic E-state index is 13.8. The van der Waals surface area contributed by atoms with Crippen LogP contribution in [-0.2, 0) is 20.9 Å². The van der Waals surface area contributed by atoms with E-state index < -0.39 is 36.2 Å². The normalized spacial score (nSPS) is 11.5. The molecule has 1 atom stereocenters. The highest BCUT2D eigenvalue weighted by Crippen LogP contribution is 2.18. The molecule has 2 amide bonds. The lowest BCUT2D eigenvalue weighted by Gasteiger charge is -2.22. The lowest BCUT2D eigenvalue weighted by atomic mass is 10.0. The van der Waals surface area contributed by atoms with E-state index in [1.807, 2.05) is 18.2 Å². The van der Waals surface area contributed by atoms with Crippen molar-refractivity contribution in [3.05, 3.63) is 65.5 Å². The minimum absolute atomic E-state index is 0.173. The fourth-order valence-electron chi connectivity index (χ4n) is 2.87. The van der Waals surface area contributed by atoms with Crippen molar-refractivity contribution in [1.82, 2.24) is 10.2 Å². The number of benzene rings is 2. The number of amides is 2. The highest BCUT2D eigenvalue weighted by molar-refractivity contribution is 5.97. The summed E-state index contributed by atoms with van der Waals surface area (Å²) in [4.78, 5) is 38.7. The second kappa shape index (κ2) is 11.1. The van der Waals surface area contributed by atoms with Gasteiger partial charge >= 0.3 is 5.97 Å².